The van der Waals surface area contributed by atoms with E-state index >= 15 is 0 Å². The van der Waals surface area contributed by atoms with Crippen LogP contribution >= 0.6 is 8.38 Å². The normalized spacial score (nSPS) is 11.1. The van der Waals surface area contributed by atoms with Gasteiger partial charge in [-0.1, -0.05) is 12.1 Å². The maximum absolute atomic E-state index is 5.74. The Labute approximate surface area is 109 Å². The summed E-state index contributed by atoms with van der Waals surface area (Å²) in [6.45, 7) is 5.30. The van der Waals surface area contributed by atoms with Gasteiger partial charge in [0, 0.05) is 12.4 Å². The highest BCUT2D eigenvalue weighted by Crippen LogP contribution is 2.38. The van der Waals surface area contributed by atoms with Crippen LogP contribution in [0.15, 0.2) is 48.8 Å². The first-order chi connectivity index (χ1) is 8.86. The number of hydrogen-bond acceptors (Lipinski definition) is 2. The van der Waals surface area contributed by atoms with Crippen LogP contribution in [-0.4, -0.2) is 17.8 Å². The van der Waals surface area contributed by atoms with Crippen molar-refractivity contribution in [1.82, 2.24) is 4.57 Å². The highest BCUT2D eigenvalue weighted by atomic mass is 31.2. The van der Waals surface area contributed by atoms with Crippen molar-refractivity contribution >= 4 is 13.7 Å². The third-order valence-electron chi connectivity index (χ3n) is 2.45. The number of nitrogens with zero attached hydrogens (tertiary/aromatic N) is 1. The van der Waals surface area contributed by atoms with Crippen LogP contribution in [0.4, 0.5) is 0 Å². The van der Waals surface area contributed by atoms with Crippen LogP contribution < -0.4 is 5.30 Å². The van der Waals surface area contributed by atoms with Crippen molar-refractivity contribution in [3.63, 3.8) is 0 Å². The molecule has 0 bridgehead atoms. The molecule has 0 aliphatic rings. The Morgan fingerprint density at radius 3 is 2.17 bits per heavy atom. The quantitative estimate of drug-likeness (QED) is 0.745. The second-order valence-electron chi connectivity index (χ2n) is 3.67. The lowest BCUT2D eigenvalue weighted by Gasteiger charge is -2.19. The van der Waals surface area contributed by atoms with Crippen LogP contribution in [0.2, 0.25) is 0 Å². The van der Waals surface area contributed by atoms with Gasteiger partial charge < -0.3 is 13.6 Å². The third-order valence-corrected chi connectivity index (χ3v) is 4.21. The zero-order chi connectivity index (χ0) is 12.8. The van der Waals surface area contributed by atoms with Gasteiger partial charge in [-0.2, -0.15) is 0 Å². The van der Waals surface area contributed by atoms with E-state index in [1.165, 1.54) is 0 Å². The molecule has 0 saturated heterocycles. The zero-order valence-corrected chi connectivity index (χ0v) is 11.6. The minimum absolute atomic E-state index is 0.658. The number of hydrogen-bond donors (Lipinski definition) is 0. The summed E-state index contributed by atoms with van der Waals surface area (Å²) in [5, 5.41) is 1.12. The van der Waals surface area contributed by atoms with Crippen molar-refractivity contribution in [1.29, 1.82) is 0 Å². The standard InChI is InChI=1S/C14H18NO2P/c1-3-16-18(17-4-2)14-10-6-5-9-13(14)15-11-7-8-12-15/h5-12H,3-4H2,1-2H3. The van der Waals surface area contributed by atoms with E-state index in [-0.39, 0.29) is 0 Å². The summed E-state index contributed by atoms with van der Waals surface area (Å²) in [7, 11) is -1.00. The lowest BCUT2D eigenvalue weighted by Crippen LogP contribution is -2.12. The van der Waals surface area contributed by atoms with Crippen LogP contribution in [0, 0.1) is 0 Å². The van der Waals surface area contributed by atoms with Crippen molar-refractivity contribution < 1.29 is 9.05 Å². The van der Waals surface area contributed by atoms with Crippen LogP contribution in [0.5, 0.6) is 0 Å². The highest BCUT2D eigenvalue weighted by Gasteiger charge is 2.17. The van der Waals surface area contributed by atoms with Crippen molar-refractivity contribution in [3.05, 3.63) is 48.8 Å². The van der Waals surface area contributed by atoms with E-state index in [1.807, 2.05) is 50.5 Å². The van der Waals surface area contributed by atoms with Gasteiger partial charge in [0.25, 0.3) is 0 Å². The largest absolute Gasteiger partial charge is 0.331 e. The predicted molar refractivity (Wildman–Crippen MR) is 75.6 cm³/mol. The second kappa shape index (κ2) is 6.69. The summed E-state index contributed by atoms with van der Waals surface area (Å²) in [4.78, 5) is 0. The van der Waals surface area contributed by atoms with E-state index in [0.717, 1.165) is 11.0 Å². The fourth-order valence-electron chi connectivity index (χ4n) is 1.74. The summed E-state index contributed by atoms with van der Waals surface area (Å²) in [6, 6.07) is 12.2. The lowest BCUT2D eigenvalue weighted by molar-refractivity contribution is 0.277. The van der Waals surface area contributed by atoms with Gasteiger partial charge in [-0.3, -0.25) is 0 Å². The molecule has 0 N–H and O–H groups in total. The lowest BCUT2D eigenvalue weighted by atomic mass is 10.3. The first-order valence-corrected chi connectivity index (χ1v) is 7.33. The molecule has 0 amide bonds. The average molecular weight is 263 g/mol. The predicted octanol–water partition coefficient (Wildman–Crippen LogP) is 3.49. The first kappa shape index (κ1) is 13.3. The molecule has 0 aliphatic heterocycles. The minimum atomic E-state index is -1.00. The molecule has 1 aromatic heterocycles. The van der Waals surface area contributed by atoms with Gasteiger partial charge in [0.1, 0.15) is 0 Å². The Hall–Kier alpha value is -1.15. The van der Waals surface area contributed by atoms with Gasteiger partial charge in [0.15, 0.2) is 0 Å². The Kier molecular flexibility index (Phi) is 4.94. The van der Waals surface area contributed by atoms with E-state index < -0.39 is 8.38 Å². The maximum Gasteiger partial charge on any atom is 0.207 e. The maximum atomic E-state index is 5.74. The molecule has 0 unspecified atom stereocenters. The van der Waals surface area contributed by atoms with Crippen molar-refractivity contribution in [3.8, 4) is 5.69 Å². The van der Waals surface area contributed by atoms with E-state index in [9.17, 15) is 0 Å². The second-order valence-corrected chi connectivity index (χ2v) is 5.18. The van der Waals surface area contributed by atoms with Gasteiger partial charge >= 0.3 is 0 Å². The molecule has 4 heteroatoms. The fraction of sp³-hybridized carbons (Fsp3) is 0.286. The van der Waals surface area contributed by atoms with Crippen molar-refractivity contribution in [2.24, 2.45) is 0 Å². The molecular formula is C14H18NO2P. The molecule has 0 aliphatic carbocycles. The van der Waals surface area contributed by atoms with E-state index in [2.05, 4.69) is 16.7 Å². The fourth-order valence-corrected chi connectivity index (χ4v) is 3.15. The van der Waals surface area contributed by atoms with E-state index in [4.69, 9.17) is 9.05 Å². The Balaban J connectivity index is 2.36. The van der Waals surface area contributed by atoms with Gasteiger partial charge in [0.05, 0.1) is 24.2 Å². The molecule has 3 nitrogen and oxygen atoms in total. The molecule has 1 heterocycles. The van der Waals surface area contributed by atoms with Crippen LogP contribution in [0.3, 0.4) is 0 Å². The molecular weight excluding hydrogens is 245 g/mol. The van der Waals surface area contributed by atoms with Crippen LogP contribution in [-0.2, 0) is 9.05 Å². The average Bonchev–Trinajstić information content (AvgIpc) is 2.92. The van der Waals surface area contributed by atoms with Crippen molar-refractivity contribution in [2.75, 3.05) is 13.2 Å². The number of aromatic nitrogens is 1. The number of para-hydroxylation sites is 1. The summed E-state index contributed by atoms with van der Waals surface area (Å²) < 4.78 is 13.6. The Morgan fingerprint density at radius 2 is 1.56 bits per heavy atom. The Bertz CT molecular complexity index is 464. The summed E-state index contributed by atoms with van der Waals surface area (Å²) >= 11 is 0. The van der Waals surface area contributed by atoms with Gasteiger partial charge in [-0.05, 0) is 38.1 Å². The molecule has 0 atom stereocenters. The topological polar surface area (TPSA) is 23.4 Å². The highest BCUT2D eigenvalue weighted by molar-refractivity contribution is 7.56. The molecule has 0 radical (unpaired) electrons. The molecule has 0 spiro atoms. The summed E-state index contributed by atoms with van der Waals surface area (Å²) in [5.41, 5.74) is 1.12. The molecule has 2 rings (SSSR count). The molecule has 0 saturated carbocycles. The molecule has 96 valence electrons. The Morgan fingerprint density at radius 1 is 0.944 bits per heavy atom. The molecule has 18 heavy (non-hydrogen) atoms. The van der Waals surface area contributed by atoms with E-state index in [1.54, 1.807) is 0 Å². The van der Waals surface area contributed by atoms with E-state index in [0.29, 0.717) is 13.2 Å². The smallest absolute Gasteiger partial charge is 0.207 e. The minimum Gasteiger partial charge on any atom is -0.331 e. The first-order valence-electron chi connectivity index (χ1n) is 6.15. The third kappa shape index (κ3) is 2.99. The zero-order valence-electron chi connectivity index (χ0n) is 10.7. The van der Waals surface area contributed by atoms with Crippen LogP contribution in [0.25, 0.3) is 5.69 Å². The van der Waals surface area contributed by atoms with Gasteiger partial charge in [0.2, 0.25) is 8.38 Å². The molecule has 0 fully saturated rings. The number of rotatable bonds is 6. The molecule has 1 aromatic carbocycles. The van der Waals surface area contributed by atoms with Gasteiger partial charge in [-0.15, -0.1) is 0 Å². The summed E-state index contributed by atoms with van der Waals surface area (Å²) in [6.07, 6.45) is 4.06. The number of benzene rings is 1. The van der Waals surface area contributed by atoms with Gasteiger partial charge in [-0.25, -0.2) is 0 Å². The monoisotopic (exact) mass is 263 g/mol. The molecule has 2 aromatic rings. The SMILES string of the molecule is CCOP(OCC)c1ccccc1-n1cccc1. The summed E-state index contributed by atoms with van der Waals surface area (Å²) in [5.74, 6) is 0. The van der Waals surface area contributed by atoms with Crippen molar-refractivity contribution in [2.45, 2.75) is 13.8 Å². The van der Waals surface area contributed by atoms with Crippen LogP contribution in [0.1, 0.15) is 13.8 Å².